The standard InChI is InChI=1S/C17H24N2O2/c20-16-13-21-17(14-18-16)8-11-19(12-9-17)10-4-7-15-5-2-1-3-6-15/h1-3,5-6H,4,7-14H2,(H,18,20). The fourth-order valence-corrected chi connectivity index (χ4v) is 3.24. The molecule has 4 heteroatoms. The molecule has 0 unspecified atom stereocenters. The van der Waals surface area contributed by atoms with E-state index in [-0.39, 0.29) is 18.1 Å². The van der Waals surface area contributed by atoms with Gasteiger partial charge in [-0.1, -0.05) is 30.3 Å². The van der Waals surface area contributed by atoms with E-state index in [2.05, 4.69) is 40.5 Å². The van der Waals surface area contributed by atoms with Crippen LogP contribution in [0.2, 0.25) is 0 Å². The van der Waals surface area contributed by atoms with Gasteiger partial charge in [-0.25, -0.2) is 0 Å². The minimum Gasteiger partial charge on any atom is -0.363 e. The van der Waals surface area contributed by atoms with Gasteiger partial charge in [0.1, 0.15) is 6.61 Å². The van der Waals surface area contributed by atoms with Crippen LogP contribution in [0.15, 0.2) is 30.3 Å². The molecule has 114 valence electrons. The summed E-state index contributed by atoms with van der Waals surface area (Å²) in [6, 6.07) is 10.7. The first-order chi connectivity index (χ1) is 10.3. The first kappa shape index (κ1) is 14.5. The molecular formula is C17H24N2O2. The van der Waals surface area contributed by atoms with Gasteiger partial charge in [-0.05, 0) is 37.8 Å². The first-order valence-corrected chi connectivity index (χ1v) is 7.93. The molecule has 2 fully saturated rings. The van der Waals surface area contributed by atoms with E-state index in [4.69, 9.17) is 4.74 Å². The predicted molar refractivity (Wildman–Crippen MR) is 82.1 cm³/mol. The quantitative estimate of drug-likeness (QED) is 0.915. The molecule has 1 amide bonds. The lowest BCUT2D eigenvalue weighted by Gasteiger charge is -2.43. The summed E-state index contributed by atoms with van der Waals surface area (Å²) in [5.74, 6) is 0.0194. The molecule has 2 aliphatic heterocycles. The van der Waals surface area contributed by atoms with Crippen LogP contribution in [-0.4, -0.2) is 49.2 Å². The summed E-state index contributed by atoms with van der Waals surface area (Å²) in [4.78, 5) is 13.7. The molecule has 0 atom stereocenters. The lowest BCUT2D eigenvalue weighted by atomic mass is 9.90. The van der Waals surface area contributed by atoms with Crippen molar-refractivity contribution in [2.75, 3.05) is 32.8 Å². The van der Waals surface area contributed by atoms with Gasteiger partial charge in [-0.15, -0.1) is 0 Å². The molecule has 2 aliphatic rings. The fraction of sp³-hybridized carbons (Fsp3) is 0.588. The van der Waals surface area contributed by atoms with Crippen LogP contribution >= 0.6 is 0 Å². The van der Waals surface area contributed by atoms with E-state index >= 15 is 0 Å². The number of carbonyl (C=O) groups excluding carboxylic acids is 1. The molecule has 2 heterocycles. The Hall–Kier alpha value is -1.39. The molecule has 0 aliphatic carbocycles. The molecule has 1 aromatic rings. The van der Waals surface area contributed by atoms with Crippen LogP contribution in [0, 0.1) is 0 Å². The number of amides is 1. The summed E-state index contributed by atoms with van der Waals surface area (Å²) in [5, 5.41) is 2.94. The van der Waals surface area contributed by atoms with E-state index in [1.54, 1.807) is 0 Å². The van der Waals surface area contributed by atoms with Gasteiger partial charge in [-0.2, -0.15) is 0 Å². The Kier molecular flexibility index (Phi) is 4.56. The number of likely N-dealkylation sites (tertiary alicyclic amines) is 1. The summed E-state index contributed by atoms with van der Waals surface area (Å²) in [5.41, 5.74) is 1.33. The smallest absolute Gasteiger partial charge is 0.246 e. The van der Waals surface area contributed by atoms with Gasteiger partial charge in [-0.3, -0.25) is 4.79 Å². The average Bonchev–Trinajstić information content (AvgIpc) is 2.54. The molecule has 0 saturated carbocycles. The molecule has 3 rings (SSSR count). The largest absolute Gasteiger partial charge is 0.363 e. The van der Waals surface area contributed by atoms with Crippen LogP contribution in [0.25, 0.3) is 0 Å². The lowest BCUT2D eigenvalue weighted by molar-refractivity contribution is -0.150. The SMILES string of the molecule is O=C1COC2(CCN(CCCc3ccccc3)CC2)CN1. The van der Waals surface area contributed by atoms with Crippen LogP contribution in [0.1, 0.15) is 24.8 Å². The van der Waals surface area contributed by atoms with Gasteiger partial charge in [0.25, 0.3) is 0 Å². The number of morpholine rings is 1. The zero-order chi connectivity index (χ0) is 14.5. The van der Waals surface area contributed by atoms with E-state index in [1.807, 2.05) is 0 Å². The Morgan fingerprint density at radius 1 is 1.19 bits per heavy atom. The van der Waals surface area contributed by atoms with Gasteiger partial charge >= 0.3 is 0 Å². The number of piperidine rings is 1. The highest BCUT2D eigenvalue weighted by atomic mass is 16.5. The van der Waals surface area contributed by atoms with E-state index in [1.165, 1.54) is 12.0 Å². The number of ether oxygens (including phenoxy) is 1. The summed E-state index contributed by atoms with van der Waals surface area (Å²) in [6.07, 6.45) is 4.40. The van der Waals surface area contributed by atoms with Gasteiger partial charge in [0.2, 0.25) is 5.91 Å². The summed E-state index contributed by atoms with van der Waals surface area (Å²) < 4.78 is 5.80. The van der Waals surface area contributed by atoms with Crippen molar-refractivity contribution in [3.63, 3.8) is 0 Å². The topological polar surface area (TPSA) is 41.6 Å². The number of carbonyl (C=O) groups is 1. The molecule has 0 aromatic heterocycles. The van der Waals surface area contributed by atoms with Crippen LogP contribution < -0.4 is 5.32 Å². The van der Waals surface area contributed by atoms with Crippen molar-refractivity contribution in [1.29, 1.82) is 0 Å². The second-order valence-corrected chi connectivity index (χ2v) is 6.18. The third-order valence-corrected chi connectivity index (χ3v) is 4.67. The first-order valence-electron chi connectivity index (χ1n) is 7.93. The van der Waals surface area contributed by atoms with Crippen molar-refractivity contribution in [1.82, 2.24) is 10.2 Å². The summed E-state index contributed by atoms with van der Waals surface area (Å²) >= 11 is 0. The average molecular weight is 288 g/mol. The minimum atomic E-state index is -0.0934. The van der Waals surface area contributed by atoms with E-state index in [0.717, 1.165) is 38.9 Å². The predicted octanol–water partition coefficient (Wildman–Crippen LogP) is 1.60. The normalized spacial score (nSPS) is 22.2. The Bertz CT molecular complexity index is 455. The fourth-order valence-electron chi connectivity index (χ4n) is 3.24. The highest BCUT2D eigenvalue weighted by Crippen LogP contribution is 2.27. The van der Waals surface area contributed by atoms with Gasteiger partial charge in [0, 0.05) is 19.6 Å². The zero-order valence-corrected chi connectivity index (χ0v) is 12.5. The Morgan fingerprint density at radius 2 is 1.95 bits per heavy atom. The number of benzene rings is 1. The third kappa shape index (κ3) is 3.83. The summed E-state index contributed by atoms with van der Waals surface area (Å²) in [6.45, 7) is 4.21. The van der Waals surface area contributed by atoms with Gasteiger partial charge in [0.05, 0.1) is 5.60 Å². The van der Waals surface area contributed by atoms with E-state index in [0.29, 0.717) is 6.54 Å². The van der Waals surface area contributed by atoms with Gasteiger partial charge in [0.15, 0.2) is 0 Å². The second-order valence-electron chi connectivity index (χ2n) is 6.18. The van der Waals surface area contributed by atoms with Crippen molar-refractivity contribution in [3.8, 4) is 0 Å². The Labute approximate surface area is 126 Å². The number of rotatable bonds is 4. The van der Waals surface area contributed by atoms with E-state index in [9.17, 15) is 4.79 Å². The van der Waals surface area contributed by atoms with Crippen LogP contribution in [-0.2, 0) is 16.0 Å². The molecule has 1 N–H and O–H groups in total. The molecule has 0 bridgehead atoms. The molecular weight excluding hydrogens is 264 g/mol. The highest BCUT2D eigenvalue weighted by molar-refractivity contribution is 5.78. The number of aryl methyl sites for hydroxylation is 1. The van der Waals surface area contributed by atoms with E-state index < -0.39 is 0 Å². The number of nitrogens with one attached hydrogen (secondary N) is 1. The Balaban J connectivity index is 1.39. The molecule has 2 saturated heterocycles. The van der Waals surface area contributed by atoms with Crippen LogP contribution in [0.4, 0.5) is 0 Å². The van der Waals surface area contributed by atoms with Crippen LogP contribution in [0.3, 0.4) is 0 Å². The van der Waals surface area contributed by atoms with Crippen molar-refractivity contribution in [3.05, 3.63) is 35.9 Å². The van der Waals surface area contributed by atoms with Crippen molar-refractivity contribution >= 4 is 5.91 Å². The molecule has 1 aromatic carbocycles. The maximum absolute atomic E-state index is 11.2. The van der Waals surface area contributed by atoms with Crippen molar-refractivity contribution in [2.45, 2.75) is 31.3 Å². The minimum absolute atomic E-state index is 0.0194. The lowest BCUT2D eigenvalue weighted by Crippen LogP contribution is -2.57. The molecule has 21 heavy (non-hydrogen) atoms. The monoisotopic (exact) mass is 288 g/mol. The third-order valence-electron chi connectivity index (χ3n) is 4.67. The van der Waals surface area contributed by atoms with Crippen LogP contribution in [0.5, 0.6) is 0 Å². The second kappa shape index (κ2) is 6.58. The number of nitrogens with zero attached hydrogens (tertiary/aromatic N) is 1. The molecule has 1 spiro atoms. The van der Waals surface area contributed by atoms with Crippen molar-refractivity contribution < 1.29 is 9.53 Å². The zero-order valence-electron chi connectivity index (χ0n) is 12.5. The molecule has 4 nitrogen and oxygen atoms in total. The summed E-state index contributed by atoms with van der Waals surface area (Å²) in [7, 11) is 0. The van der Waals surface area contributed by atoms with Gasteiger partial charge < -0.3 is 15.0 Å². The Morgan fingerprint density at radius 3 is 2.62 bits per heavy atom. The highest BCUT2D eigenvalue weighted by Gasteiger charge is 2.38. The number of hydrogen-bond donors (Lipinski definition) is 1. The molecule has 0 radical (unpaired) electrons. The number of hydrogen-bond acceptors (Lipinski definition) is 3. The van der Waals surface area contributed by atoms with Crippen molar-refractivity contribution in [2.24, 2.45) is 0 Å². The maximum atomic E-state index is 11.2. The maximum Gasteiger partial charge on any atom is 0.246 e.